The SMILES string of the molecule is COC(=O)c1c(NC(=O)COc2ccccc2C#N)sc2c1CCCCC2. The number of para-hydroxylation sites is 1. The van der Waals surface area contributed by atoms with Crippen molar-refractivity contribution in [2.75, 3.05) is 19.0 Å². The van der Waals surface area contributed by atoms with Crippen LogP contribution in [0.4, 0.5) is 5.00 Å². The van der Waals surface area contributed by atoms with Gasteiger partial charge in [0.1, 0.15) is 16.8 Å². The fourth-order valence-corrected chi connectivity index (χ4v) is 4.43. The molecule has 1 aromatic carbocycles. The van der Waals surface area contributed by atoms with Crippen LogP contribution in [-0.2, 0) is 22.4 Å². The number of anilines is 1. The highest BCUT2D eigenvalue weighted by molar-refractivity contribution is 7.17. The van der Waals surface area contributed by atoms with Gasteiger partial charge in [-0.3, -0.25) is 4.79 Å². The Balaban J connectivity index is 1.75. The van der Waals surface area contributed by atoms with Gasteiger partial charge < -0.3 is 14.8 Å². The molecule has 0 atom stereocenters. The highest BCUT2D eigenvalue weighted by atomic mass is 32.1. The number of fused-ring (bicyclic) bond motifs is 1. The minimum Gasteiger partial charge on any atom is -0.482 e. The van der Waals surface area contributed by atoms with Crippen molar-refractivity contribution in [3.8, 4) is 11.8 Å². The van der Waals surface area contributed by atoms with Crippen LogP contribution in [0.15, 0.2) is 24.3 Å². The van der Waals surface area contributed by atoms with Crippen LogP contribution in [0.5, 0.6) is 5.75 Å². The second-order valence-corrected chi connectivity index (χ2v) is 7.31. The van der Waals surface area contributed by atoms with Crippen LogP contribution < -0.4 is 10.1 Å². The number of methoxy groups -OCH3 is 1. The maximum absolute atomic E-state index is 12.4. The Bertz CT molecular complexity index is 898. The third kappa shape index (κ3) is 4.29. The molecular weight excluding hydrogens is 364 g/mol. The maximum Gasteiger partial charge on any atom is 0.341 e. The van der Waals surface area contributed by atoms with E-state index < -0.39 is 5.97 Å². The first-order valence-corrected chi connectivity index (χ1v) is 9.60. The normalized spacial score (nSPS) is 13.0. The molecule has 1 aliphatic rings. The van der Waals surface area contributed by atoms with Gasteiger partial charge in [0.05, 0.1) is 18.2 Å². The van der Waals surface area contributed by atoms with E-state index in [4.69, 9.17) is 14.7 Å². The van der Waals surface area contributed by atoms with E-state index in [9.17, 15) is 9.59 Å². The number of hydrogen-bond acceptors (Lipinski definition) is 6. The molecule has 0 saturated heterocycles. The molecule has 1 heterocycles. The summed E-state index contributed by atoms with van der Waals surface area (Å²) in [6, 6.07) is 8.75. The number of benzene rings is 1. The molecule has 7 heteroatoms. The molecule has 140 valence electrons. The molecule has 0 fully saturated rings. The van der Waals surface area contributed by atoms with E-state index in [2.05, 4.69) is 5.32 Å². The number of esters is 1. The highest BCUT2D eigenvalue weighted by Crippen LogP contribution is 2.37. The van der Waals surface area contributed by atoms with Gasteiger partial charge in [-0.25, -0.2) is 4.79 Å². The molecule has 0 radical (unpaired) electrons. The Labute approximate surface area is 161 Å². The Morgan fingerprint density at radius 1 is 1.22 bits per heavy atom. The van der Waals surface area contributed by atoms with Crippen molar-refractivity contribution in [3.05, 3.63) is 45.8 Å². The number of nitrogens with one attached hydrogen (secondary N) is 1. The monoisotopic (exact) mass is 384 g/mol. The van der Waals surface area contributed by atoms with E-state index in [1.807, 2.05) is 6.07 Å². The topological polar surface area (TPSA) is 88.4 Å². The molecule has 1 aliphatic carbocycles. The molecule has 3 rings (SSSR count). The summed E-state index contributed by atoms with van der Waals surface area (Å²) >= 11 is 1.44. The second-order valence-electron chi connectivity index (χ2n) is 6.20. The number of nitrogens with zero attached hydrogens (tertiary/aromatic N) is 1. The van der Waals surface area contributed by atoms with Crippen molar-refractivity contribution in [1.82, 2.24) is 0 Å². The lowest BCUT2D eigenvalue weighted by molar-refractivity contribution is -0.118. The average molecular weight is 384 g/mol. The van der Waals surface area contributed by atoms with E-state index in [0.717, 1.165) is 42.5 Å². The van der Waals surface area contributed by atoms with Crippen LogP contribution in [0.2, 0.25) is 0 Å². The van der Waals surface area contributed by atoms with Crippen molar-refractivity contribution >= 4 is 28.2 Å². The lowest BCUT2D eigenvalue weighted by Gasteiger charge is -2.09. The minimum atomic E-state index is -0.430. The minimum absolute atomic E-state index is 0.248. The zero-order valence-electron chi connectivity index (χ0n) is 15.0. The number of thiophene rings is 1. The number of hydrogen-bond donors (Lipinski definition) is 1. The van der Waals surface area contributed by atoms with Gasteiger partial charge in [0.15, 0.2) is 6.61 Å². The van der Waals surface area contributed by atoms with E-state index >= 15 is 0 Å². The first kappa shape index (κ1) is 18.9. The summed E-state index contributed by atoms with van der Waals surface area (Å²) in [7, 11) is 1.34. The van der Waals surface area contributed by atoms with Gasteiger partial charge in [-0.2, -0.15) is 5.26 Å². The van der Waals surface area contributed by atoms with E-state index in [0.29, 0.717) is 21.9 Å². The Hall–Kier alpha value is -2.85. The Kier molecular flexibility index (Phi) is 6.09. The van der Waals surface area contributed by atoms with Crippen LogP contribution in [0, 0.1) is 11.3 Å². The number of carbonyl (C=O) groups excluding carboxylic acids is 2. The average Bonchev–Trinajstić information content (AvgIpc) is 2.86. The molecule has 1 N–H and O–H groups in total. The van der Waals surface area contributed by atoms with Crippen molar-refractivity contribution in [1.29, 1.82) is 5.26 Å². The zero-order chi connectivity index (χ0) is 19.2. The van der Waals surface area contributed by atoms with Gasteiger partial charge in [0.2, 0.25) is 0 Å². The zero-order valence-corrected chi connectivity index (χ0v) is 15.9. The molecule has 27 heavy (non-hydrogen) atoms. The van der Waals surface area contributed by atoms with Crippen molar-refractivity contribution in [2.24, 2.45) is 0 Å². The first-order valence-electron chi connectivity index (χ1n) is 8.78. The first-order chi connectivity index (χ1) is 13.1. The lowest BCUT2D eigenvalue weighted by atomic mass is 10.1. The van der Waals surface area contributed by atoms with Crippen LogP contribution in [0.1, 0.15) is 45.6 Å². The Morgan fingerprint density at radius 3 is 2.78 bits per heavy atom. The van der Waals surface area contributed by atoms with E-state index in [1.54, 1.807) is 24.3 Å². The number of amides is 1. The fraction of sp³-hybridized carbons (Fsp3) is 0.350. The summed E-state index contributed by atoms with van der Waals surface area (Å²) in [5.74, 6) is -0.463. The van der Waals surface area contributed by atoms with Crippen LogP contribution in [-0.4, -0.2) is 25.6 Å². The molecule has 0 bridgehead atoms. The van der Waals surface area contributed by atoms with Gasteiger partial charge in [-0.05, 0) is 43.4 Å². The number of aryl methyl sites for hydroxylation is 1. The van der Waals surface area contributed by atoms with Crippen molar-refractivity contribution in [3.63, 3.8) is 0 Å². The number of rotatable bonds is 5. The molecular formula is C20H20N2O4S. The van der Waals surface area contributed by atoms with Gasteiger partial charge in [-0.1, -0.05) is 18.6 Å². The van der Waals surface area contributed by atoms with E-state index in [1.165, 1.54) is 18.4 Å². The molecule has 1 aromatic heterocycles. The molecule has 6 nitrogen and oxygen atoms in total. The summed E-state index contributed by atoms with van der Waals surface area (Å²) in [6.45, 7) is -0.248. The number of ether oxygens (including phenoxy) is 2. The van der Waals surface area contributed by atoms with Gasteiger partial charge >= 0.3 is 5.97 Å². The summed E-state index contributed by atoms with van der Waals surface area (Å²) < 4.78 is 10.4. The van der Waals surface area contributed by atoms with Gasteiger partial charge in [0, 0.05) is 4.88 Å². The molecule has 1 amide bonds. The number of carbonyl (C=O) groups is 2. The summed E-state index contributed by atoms with van der Waals surface area (Å²) in [4.78, 5) is 25.8. The molecule has 0 unspecified atom stereocenters. The highest BCUT2D eigenvalue weighted by Gasteiger charge is 2.26. The standard InChI is InChI=1S/C20H20N2O4S/c1-25-20(24)18-14-8-3-2-4-10-16(14)27-19(18)22-17(23)12-26-15-9-6-5-7-13(15)11-21/h5-7,9H,2-4,8,10,12H2,1H3,(H,22,23). The summed E-state index contributed by atoms with van der Waals surface area (Å²) in [5.41, 5.74) is 1.82. The fourth-order valence-electron chi connectivity index (χ4n) is 3.14. The quantitative estimate of drug-likeness (QED) is 0.627. The number of nitriles is 1. The van der Waals surface area contributed by atoms with Crippen molar-refractivity contribution < 1.29 is 19.1 Å². The largest absolute Gasteiger partial charge is 0.482 e. The molecule has 2 aromatic rings. The predicted octanol–water partition coefficient (Wildman–Crippen LogP) is 3.69. The van der Waals surface area contributed by atoms with Gasteiger partial charge in [0.25, 0.3) is 5.91 Å². The third-order valence-electron chi connectivity index (χ3n) is 4.43. The third-order valence-corrected chi connectivity index (χ3v) is 5.64. The van der Waals surface area contributed by atoms with Gasteiger partial charge in [-0.15, -0.1) is 11.3 Å². The van der Waals surface area contributed by atoms with Crippen molar-refractivity contribution in [2.45, 2.75) is 32.1 Å². The van der Waals surface area contributed by atoms with Crippen LogP contribution in [0.25, 0.3) is 0 Å². The predicted molar refractivity (Wildman–Crippen MR) is 102 cm³/mol. The Morgan fingerprint density at radius 2 is 2.00 bits per heavy atom. The summed E-state index contributed by atoms with van der Waals surface area (Å²) in [5, 5.41) is 12.4. The van der Waals surface area contributed by atoms with E-state index in [-0.39, 0.29) is 12.5 Å². The smallest absolute Gasteiger partial charge is 0.341 e. The maximum atomic E-state index is 12.4. The molecule has 0 saturated carbocycles. The van der Waals surface area contributed by atoms with Crippen LogP contribution in [0.3, 0.4) is 0 Å². The molecule has 0 aliphatic heterocycles. The molecule has 0 spiro atoms. The summed E-state index contributed by atoms with van der Waals surface area (Å²) in [6.07, 6.45) is 4.96. The second kappa shape index (κ2) is 8.69. The van der Waals surface area contributed by atoms with Crippen LogP contribution >= 0.6 is 11.3 Å². The lowest BCUT2D eigenvalue weighted by Crippen LogP contribution is -2.21.